The van der Waals surface area contributed by atoms with Crippen LogP contribution >= 0.6 is 11.3 Å². The molecule has 0 radical (unpaired) electrons. The van der Waals surface area contributed by atoms with Crippen molar-refractivity contribution in [2.75, 3.05) is 20.3 Å². The number of carbonyl (C=O) groups is 2. The molecule has 1 atom stereocenters. The second-order valence-electron chi connectivity index (χ2n) is 5.78. The summed E-state index contributed by atoms with van der Waals surface area (Å²) in [6, 6.07) is 4.45. The summed E-state index contributed by atoms with van der Waals surface area (Å²) in [6.07, 6.45) is 2.00. The molecule has 6 nitrogen and oxygen atoms in total. The van der Waals surface area contributed by atoms with Gasteiger partial charge in [-0.2, -0.15) is 0 Å². The first-order valence-electron chi connectivity index (χ1n) is 7.91. The van der Waals surface area contributed by atoms with E-state index in [1.54, 1.807) is 13.2 Å². The van der Waals surface area contributed by atoms with Gasteiger partial charge in [0, 0.05) is 25.1 Å². The van der Waals surface area contributed by atoms with Gasteiger partial charge in [-0.3, -0.25) is 9.59 Å². The summed E-state index contributed by atoms with van der Waals surface area (Å²) in [6.45, 7) is 2.80. The molecular weight excluding hydrogens is 342 g/mol. The Morgan fingerprint density at radius 1 is 1.44 bits per heavy atom. The molecule has 25 heavy (non-hydrogen) atoms. The van der Waals surface area contributed by atoms with Crippen LogP contribution in [-0.4, -0.2) is 42.0 Å². The van der Waals surface area contributed by atoms with E-state index in [-0.39, 0.29) is 11.3 Å². The molecule has 1 aliphatic heterocycles. The standard InChI is InChI=1S/C18H19NO5S/c1-11-6-10-25-17(11)14-13(15(20)12-5-3-9-24-12)16(21)18(22)19(14)7-4-8-23-2/h3,5-6,9-10,14,21H,4,7-8H2,1-2H3. The number of hydrogen-bond donors (Lipinski definition) is 1. The molecule has 0 aromatic carbocycles. The first-order chi connectivity index (χ1) is 12.1. The zero-order valence-electron chi connectivity index (χ0n) is 14.0. The van der Waals surface area contributed by atoms with Gasteiger partial charge in [-0.05, 0) is 42.5 Å². The van der Waals surface area contributed by atoms with Crippen molar-refractivity contribution >= 4 is 23.0 Å². The normalized spacial score (nSPS) is 17.6. The molecule has 0 bridgehead atoms. The number of ketones is 1. The van der Waals surface area contributed by atoms with Gasteiger partial charge in [0.15, 0.2) is 11.5 Å². The number of aryl methyl sites for hydroxylation is 1. The lowest BCUT2D eigenvalue weighted by Gasteiger charge is -2.26. The van der Waals surface area contributed by atoms with Crippen LogP contribution in [-0.2, 0) is 9.53 Å². The first-order valence-corrected chi connectivity index (χ1v) is 8.79. The van der Waals surface area contributed by atoms with Crippen LogP contribution < -0.4 is 0 Å². The van der Waals surface area contributed by atoms with Crippen LogP contribution in [0.4, 0.5) is 0 Å². The SMILES string of the molecule is COCCCN1C(=O)C(O)=C(C(=O)c2ccco2)C1c1sccc1C. The minimum Gasteiger partial charge on any atom is -0.503 e. The fourth-order valence-corrected chi connectivity index (χ4v) is 4.02. The van der Waals surface area contributed by atoms with Crippen molar-refractivity contribution < 1.29 is 23.8 Å². The van der Waals surface area contributed by atoms with E-state index in [9.17, 15) is 14.7 Å². The molecule has 1 unspecified atom stereocenters. The summed E-state index contributed by atoms with van der Waals surface area (Å²) in [4.78, 5) is 27.8. The summed E-state index contributed by atoms with van der Waals surface area (Å²) in [5.41, 5.74) is 1.04. The highest BCUT2D eigenvalue weighted by Crippen LogP contribution is 2.42. The highest BCUT2D eigenvalue weighted by molar-refractivity contribution is 7.10. The van der Waals surface area contributed by atoms with Gasteiger partial charge < -0.3 is 19.2 Å². The number of nitrogens with zero attached hydrogens (tertiary/aromatic N) is 1. The van der Waals surface area contributed by atoms with E-state index >= 15 is 0 Å². The molecular formula is C18H19NO5S. The highest BCUT2D eigenvalue weighted by Gasteiger charge is 2.45. The largest absolute Gasteiger partial charge is 0.503 e. The van der Waals surface area contributed by atoms with Gasteiger partial charge in [-0.1, -0.05) is 0 Å². The third-order valence-electron chi connectivity index (χ3n) is 4.19. The lowest BCUT2D eigenvalue weighted by molar-refractivity contribution is -0.129. The zero-order chi connectivity index (χ0) is 18.0. The van der Waals surface area contributed by atoms with Gasteiger partial charge in [0.05, 0.1) is 17.9 Å². The molecule has 2 aromatic rings. The monoisotopic (exact) mass is 361 g/mol. The third-order valence-corrected chi connectivity index (χ3v) is 5.26. The Hall–Kier alpha value is -2.38. The number of ether oxygens (including phenoxy) is 1. The Labute approximate surface area is 149 Å². The van der Waals surface area contributed by atoms with E-state index in [4.69, 9.17) is 9.15 Å². The second-order valence-corrected chi connectivity index (χ2v) is 6.73. The predicted octanol–water partition coefficient (Wildman–Crippen LogP) is 3.26. The molecule has 3 heterocycles. The Bertz CT molecular complexity index is 805. The van der Waals surface area contributed by atoms with E-state index in [1.807, 2.05) is 18.4 Å². The minimum atomic E-state index is -0.609. The lowest BCUT2D eigenvalue weighted by Crippen LogP contribution is -2.32. The van der Waals surface area contributed by atoms with Crippen LogP contribution in [0.25, 0.3) is 0 Å². The number of carbonyl (C=O) groups excluding carboxylic acids is 2. The van der Waals surface area contributed by atoms with E-state index in [1.165, 1.54) is 28.6 Å². The van der Waals surface area contributed by atoms with E-state index in [2.05, 4.69) is 0 Å². The quantitative estimate of drug-likeness (QED) is 0.605. The molecule has 3 rings (SSSR count). The van der Waals surface area contributed by atoms with Crippen LogP contribution in [0.15, 0.2) is 45.6 Å². The van der Waals surface area contributed by atoms with E-state index in [0.717, 1.165) is 10.4 Å². The second kappa shape index (κ2) is 7.25. The fourth-order valence-electron chi connectivity index (χ4n) is 2.97. The molecule has 0 saturated carbocycles. The van der Waals surface area contributed by atoms with Gasteiger partial charge in [-0.25, -0.2) is 0 Å². The maximum Gasteiger partial charge on any atom is 0.290 e. The number of Topliss-reactive ketones (excluding diaryl/α,β-unsaturated/α-hetero) is 1. The Morgan fingerprint density at radius 2 is 2.24 bits per heavy atom. The summed E-state index contributed by atoms with van der Waals surface area (Å²) >= 11 is 1.46. The van der Waals surface area contributed by atoms with Crippen molar-refractivity contribution in [3.05, 3.63) is 57.4 Å². The number of aliphatic hydroxyl groups excluding tert-OH is 1. The number of thiophene rings is 1. The maximum absolute atomic E-state index is 12.8. The number of aliphatic hydroxyl groups is 1. The predicted molar refractivity (Wildman–Crippen MR) is 92.7 cm³/mol. The molecule has 0 saturated heterocycles. The van der Waals surface area contributed by atoms with E-state index < -0.39 is 23.5 Å². The molecule has 0 fully saturated rings. The van der Waals surface area contributed by atoms with Gasteiger partial charge >= 0.3 is 0 Å². The van der Waals surface area contributed by atoms with Crippen LogP contribution in [0, 0.1) is 6.92 Å². The Kier molecular flexibility index (Phi) is 5.06. The summed E-state index contributed by atoms with van der Waals surface area (Å²) in [5, 5.41) is 12.3. The van der Waals surface area contributed by atoms with Gasteiger partial charge in [-0.15, -0.1) is 11.3 Å². The van der Waals surface area contributed by atoms with Gasteiger partial charge in [0.25, 0.3) is 5.91 Å². The van der Waals surface area contributed by atoms with Crippen molar-refractivity contribution in [2.24, 2.45) is 0 Å². The topological polar surface area (TPSA) is 80.0 Å². The molecule has 1 aliphatic rings. The van der Waals surface area contributed by atoms with Crippen LogP contribution in [0.3, 0.4) is 0 Å². The number of amides is 1. The smallest absolute Gasteiger partial charge is 0.290 e. The number of methoxy groups -OCH3 is 1. The molecule has 132 valence electrons. The molecule has 7 heteroatoms. The van der Waals surface area contributed by atoms with Gasteiger partial charge in [0.1, 0.15) is 0 Å². The molecule has 1 N–H and O–H groups in total. The minimum absolute atomic E-state index is 0.0721. The van der Waals surface area contributed by atoms with Crippen molar-refractivity contribution in [3.63, 3.8) is 0 Å². The van der Waals surface area contributed by atoms with Crippen molar-refractivity contribution in [3.8, 4) is 0 Å². The fraction of sp³-hybridized carbons (Fsp3) is 0.333. The number of hydrogen-bond acceptors (Lipinski definition) is 6. The first kappa shape index (κ1) is 17.4. The molecule has 1 amide bonds. The molecule has 0 spiro atoms. The van der Waals surface area contributed by atoms with Crippen molar-refractivity contribution in [1.82, 2.24) is 4.90 Å². The Balaban J connectivity index is 2.02. The van der Waals surface area contributed by atoms with Gasteiger partial charge in [0.2, 0.25) is 5.78 Å². The van der Waals surface area contributed by atoms with Crippen LogP contribution in [0.5, 0.6) is 0 Å². The summed E-state index contributed by atoms with van der Waals surface area (Å²) in [7, 11) is 1.59. The van der Waals surface area contributed by atoms with E-state index in [0.29, 0.717) is 19.6 Å². The molecule has 2 aromatic heterocycles. The number of furan rings is 1. The van der Waals surface area contributed by atoms with Crippen molar-refractivity contribution in [2.45, 2.75) is 19.4 Å². The highest BCUT2D eigenvalue weighted by atomic mass is 32.1. The number of rotatable bonds is 7. The lowest BCUT2D eigenvalue weighted by atomic mass is 9.98. The summed E-state index contributed by atoms with van der Waals surface area (Å²) in [5.74, 6) is -1.41. The average molecular weight is 361 g/mol. The Morgan fingerprint density at radius 3 is 2.84 bits per heavy atom. The third kappa shape index (κ3) is 3.12. The maximum atomic E-state index is 12.8. The van der Waals surface area contributed by atoms with Crippen LogP contribution in [0.1, 0.15) is 33.5 Å². The van der Waals surface area contributed by atoms with Crippen molar-refractivity contribution in [1.29, 1.82) is 0 Å². The average Bonchev–Trinajstić information content (AvgIpc) is 3.31. The van der Waals surface area contributed by atoms with Crippen LogP contribution in [0.2, 0.25) is 0 Å². The zero-order valence-corrected chi connectivity index (χ0v) is 14.8. The summed E-state index contributed by atoms with van der Waals surface area (Å²) < 4.78 is 10.2. The molecule has 0 aliphatic carbocycles.